The van der Waals surface area contributed by atoms with Crippen LogP contribution >= 0.6 is 27.3 Å². The van der Waals surface area contributed by atoms with E-state index >= 15 is 0 Å². The number of halogens is 1. The van der Waals surface area contributed by atoms with E-state index in [0.717, 1.165) is 15.7 Å². The minimum atomic E-state index is 0.506. The van der Waals surface area contributed by atoms with Crippen molar-refractivity contribution in [3.8, 4) is 5.82 Å². The summed E-state index contributed by atoms with van der Waals surface area (Å²) >= 11 is 4.79. The smallest absolute Gasteiger partial charge is 0.196 e. The molecule has 0 aromatic carbocycles. The Morgan fingerprint density at radius 2 is 2.38 bits per heavy atom. The molecule has 0 aliphatic heterocycles. The molecule has 0 saturated heterocycles. The molecule has 0 bridgehead atoms. The van der Waals surface area contributed by atoms with Gasteiger partial charge in [-0.05, 0) is 15.9 Å². The van der Waals surface area contributed by atoms with Crippen LogP contribution in [0.5, 0.6) is 0 Å². The average molecular weight is 297 g/mol. The van der Waals surface area contributed by atoms with Crippen molar-refractivity contribution in [1.82, 2.24) is 19.2 Å². The van der Waals surface area contributed by atoms with Crippen LogP contribution in [0.4, 0.5) is 0 Å². The molecule has 0 amide bonds. The van der Waals surface area contributed by atoms with Crippen LogP contribution in [0.2, 0.25) is 0 Å². The van der Waals surface area contributed by atoms with Crippen molar-refractivity contribution in [2.45, 2.75) is 0 Å². The van der Waals surface area contributed by atoms with Gasteiger partial charge < -0.3 is 0 Å². The fraction of sp³-hybridized carbons (Fsp3) is 0. The highest BCUT2D eigenvalue weighted by Gasteiger charge is 2.14. The number of fused-ring (bicyclic) bond motifs is 1. The van der Waals surface area contributed by atoms with Gasteiger partial charge in [0, 0.05) is 17.8 Å². The minimum absolute atomic E-state index is 0.506. The molecule has 0 spiro atoms. The van der Waals surface area contributed by atoms with Crippen LogP contribution in [-0.4, -0.2) is 25.5 Å². The van der Waals surface area contributed by atoms with Crippen molar-refractivity contribution >= 4 is 38.5 Å². The SMILES string of the molecule is O=Cc1c(-n2cc(Br)cn2)nc2sccn12. The third kappa shape index (κ3) is 1.32. The first-order valence-corrected chi connectivity index (χ1v) is 6.08. The molecule has 80 valence electrons. The van der Waals surface area contributed by atoms with Crippen molar-refractivity contribution in [2.24, 2.45) is 0 Å². The Kier molecular flexibility index (Phi) is 2.15. The van der Waals surface area contributed by atoms with E-state index in [2.05, 4.69) is 26.0 Å². The van der Waals surface area contributed by atoms with Gasteiger partial charge in [-0.25, -0.2) is 4.68 Å². The lowest BCUT2D eigenvalue weighted by atomic mass is 10.4. The summed E-state index contributed by atoms with van der Waals surface area (Å²) in [5.41, 5.74) is 0.506. The molecule has 3 heterocycles. The van der Waals surface area contributed by atoms with E-state index in [-0.39, 0.29) is 0 Å². The number of carbonyl (C=O) groups excluding carboxylic acids is 1. The predicted molar refractivity (Wildman–Crippen MR) is 63.3 cm³/mol. The molecule has 3 aromatic heterocycles. The van der Waals surface area contributed by atoms with E-state index < -0.39 is 0 Å². The number of hydrogen-bond acceptors (Lipinski definition) is 4. The van der Waals surface area contributed by atoms with Gasteiger partial charge in [-0.15, -0.1) is 11.3 Å². The number of rotatable bonds is 2. The van der Waals surface area contributed by atoms with Crippen LogP contribution in [-0.2, 0) is 0 Å². The zero-order valence-electron chi connectivity index (χ0n) is 7.87. The van der Waals surface area contributed by atoms with Gasteiger partial charge in [-0.3, -0.25) is 9.20 Å². The number of carbonyl (C=O) groups is 1. The van der Waals surface area contributed by atoms with Crippen molar-refractivity contribution in [1.29, 1.82) is 0 Å². The van der Waals surface area contributed by atoms with Crippen LogP contribution < -0.4 is 0 Å². The number of hydrogen-bond donors (Lipinski definition) is 0. The van der Waals surface area contributed by atoms with Crippen LogP contribution in [0.1, 0.15) is 10.5 Å². The first-order valence-electron chi connectivity index (χ1n) is 4.41. The zero-order valence-corrected chi connectivity index (χ0v) is 10.3. The Morgan fingerprint density at radius 1 is 1.50 bits per heavy atom. The van der Waals surface area contributed by atoms with Gasteiger partial charge in [0.2, 0.25) is 0 Å². The highest BCUT2D eigenvalue weighted by molar-refractivity contribution is 9.10. The Bertz CT molecular complexity index is 668. The van der Waals surface area contributed by atoms with E-state index in [9.17, 15) is 4.79 Å². The van der Waals surface area contributed by atoms with E-state index in [1.54, 1.807) is 21.5 Å². The number of nitrogens with zero attached hydrogens (tertiary/aromatic N) is 4. The van der Waals surface area contributed by atoms with E-state index in [1.807, 2.05) is 11.6 Å². The second kappa shape index (κ2) is 3.53. The quantitative estimate of drug-likeness (QED) is 0.681. The van der Waals surface area contributed by atoms with E-state index in [0.29, 0.717) is 11.5 Å². The van der Waals surface area contributed by atoms with Gasteiger partial charge in [0.15, 0.2) is 17.1 Å². The van der Waals surface area contributed by atoms with Gasteiger partial charge in [0.05, 0.1) is 10.7 Å². The first-order chi connectivity index (χ1) is 7.79. The molecule has 0 aliphatic rings. The van der Waals surface area contributed by atoms with E-state index in [4.69, 9.17) is 0 Å². The average Bonchev–Trinajstić information content (AvgIpc) is 2.90. The summed E-state index contributed by atoms with van der Waals surface area (Å²) in [6, 6.07) is 0. The maximum atomic E-state index is 11.1. The fourth-order valence-corrected chi connectivity index (χ4v) is 2.49. The normalized spacial score (nSPS) is 11.1. The van der Waals surface area contributed by atoms with Crippen LogP contribution in [0, 0.1) is 0 Å². The van der Waals surface area contributed by atoms with Crippen molar-refractivity contribution in [3.05, 3.63) is 34.1 Å². The maximum Gasteiger partial charge on any atom is 0.196 e. The Labute approximate surface area is 102 Å². The van der Waals surface area contributed by atoms with Crippen LogP contribution in [0.25, 0.3) is 10.8 Å². The molecule has 16 heavy (non-hydrogen) atoms. The van der Waals surface area contributed by atoms with Crippen molar-refractivity contribution in [3.63, 3.8) is 0 Å². The first kappa shape index (κ1) is 9.73. The number of aromatic nitrogens is 4. The molecule has 3 rings (SSSR count). The highest BCUT2D eigenvalue weighted by Crippen LogP contribution is 2.20. The molecular weight excluding hydrogens is 292 g/mol. The highest BCUT2D eigenvalue weighted by atomic mass is 79.9. The number of imidazole rings is 1. The second-order valence-corrected chi connectivity index (χ2v) is 4.89. The number of aldehydes is 1. The molecule has 0 radical (unpaired) electrons. The van der Waals surface area contributed by atoms with Gasteiger partial charge in [0.25, 0.3) is 0 Å². The summed E-state index contributed by atoms with van der Waals surface area (Å²) in [7, 11) is 0. The topological polar surface area (TPSA) is 52.2 Å². The summed E-state index contributed by atoms with van der Waals surface area (Å²) in [4.78, 5) is 16.2. The lowest BCUT2D eigenvalue weighted by Gasteiger charge is -1.95. The largest absolute Gasteiger partial charge is 0.296 e. The molecule has 0 fully saturated rings. The summed E-state index contributed by atoms with van der Waals surface area (Å²) in [5.74, 6) is 0.549. The van der Waals surface area contributed by atoms with Gasteiger partial charge in [-0.2, -0.15) is 10.1 Å². The molecule has 0 unspecified atom stereocenters. The third-order valence-electron chi connectivity index (χ3n) is 2.16. The standard InChI is InChI=1S/C9H5BrN4OS/c10-6-3-11-14(4-6)8-7(5-15)13-1-2-16-9(13)12-8/h1-5H. The second-order valence-electron chi connectivity index (χ2n) is 3.10. The third-order valence-corrected chi connectivity index (χ3v) is 3.33. The predicted octanol–water partition coefficient (Wildman–Crippen LogP) is 2.16. The van der Waals surface area contributed by atoms with Crippen molar-refractivity contribution < 1.29 is 4.79 Å². The van der Waals surface area contributed by atoms with Gasteiger partial charge in [0.1, 0.15) is 5.69 Å². The molecule has 5 nitrogen and oxygen atoms in total. The molecule has 0 aliphatic carbocycles. The summed E-state index contributed by atoms with van der Waals surface area (Å²) in [6.45, 7) is 0. The summed E-state index contributed by atoms with van der Waals surface area (Å²) in [5, 5.41) is 6.00. The van der Waals surface area contributed by atoms with Crippen LogP contribution in [0.3, 0.4) is 0 Å². The Morgan fingerprint density at radius 3 is 3.06 bits per heavy atom. The number of thiazole rings is 1. The van der Waals surface area contributed by atoms with Crippen LogP contribution in [0.15, 0.2) is 28.4 Å². The monoisotopic (exact) mass is 296 g/mol. The van der Waals surface area contributed by atoms with Gasteiger partial charge in [-0.1, -0.05) is 0 Å². The maximum absolute atomic E-state index is 11.1. The van der Waals surface area contributed by atoms with E-state index in [1.165, 1.54) is 11.3 Å². The molecule has 7 heteroatoms. The summed E-state index contributed by atoms with van der Waals surface area (Å²) < 4.78 is 4.18. The lowest BCUT2D eigenvalue weighted by Crippen LogP contribution is -1.99. The molecular formula is C9H5BrN4OS. The Balaban J connectivity index is 2.30. The Hall–Kier alpha value is -1.47. The lowest BCUT2D eigenvalue weighted by molar-refractivity contribution is 0.111. The molecule has 3 aromatic rings. The summed E-state index contributed by atoms with van der Waals surface area (Å²) in [6.07, 6.45) is 6.03. The van der Waals surface area contributed by atoms with Crippen molar-refractivity contribution in [2.75, 3.05) is 0 Å². The molecule has 0 N–H and O–H groups in total. The molecule has 0 atom stereocenters. The van der Waals surface area contributed by atoms with Gasteiger partial charge >= 0.3 is 0 Å². The fourth-order valence-electron chi connectivity index (χ4n) is 1.49. The molecule has 0 saturated carbocycles. The zero-order chi connectivity index (χ0) is 11.1. The minimum Gasteiger partial charge on any atom is -0.296 e.